The van der Waals surface area contributed by atoms with E-state index in [0.29, 0.717) is 42.4 Å². The summed E-state index contributed by atoms with van der Waals surface area (Å²) in [5.41, 5.74) is 2.89. The summed E-state index contributed by atoms with van der Waals surface area (Å²) in [4.78, 5) is 14.5. The minimum atomic E-state index is -1.46. The van der Waals surface area contributed by atoms with Gasteiger partial charge < -0.3 is 40.0 Å². The molecule has 0 aromatic carbocycles. The molecule has 9 nitrogen and oxygen atoms in total. The van der Waals surface area contributed by atoms with Crippen molar-refractivity contribution in [2.75, 3.05) is 13.2 Å². The number of nitrogens with one attached hydrogen (secondary N) is 1. The molecule has 0 bridgehead atoms. The Hall–Kier alpha value is -1.17. The van der Waals surface area contributed by atoms with Crippen LogP contribution in [0.1, 0.15) is 72.6 Å². The van der Waals surface area contributed by atoms with Crippen LogP contribution in [0.4, 0.5) is 0 Å². The molecule has 3 aliphatic heterocycles. The minimum absolute atomic E-state index is 0.0482. The number of Topliss-reactive ketones (excluding diaryl/α,β-unsaturated/α-hetero) is 1. The first-order valence-corrected chi connectivity index (χ1v) is 16.3. The molecular formula is C33H49NO8. The van der Waals surface area contributed by atoms with Crippen molar-refractivity contribution in [3.63, 3.8) is 0 Å². The fraction of sp³-hybridized carbons (Fsp3) is 0.848. The van der Waals surface area contributed by atoms with E-state index < -0.39 is 37.3 Å². The normalized spacial score (nSPS) is 53.9. The van der Waals surface area contributed by atoms with E-state index in [1.54, 1.807) is 0 Å². The zero-order valence-corrected chi connectivity index (χ0v) is 25.4. The summed E-state index contributed by atoms with van der Waals surface area (Å²) >= 11 is 0. The standard InChI is InChI=1S/C33H49NO8/c1-15-11-22-26(34-13-15)17(3)33(42-22)10-8-20-21-6-5-18-12-19(40-31-30(39)29(38)27(36)23(14-35)41-31)7-9-32(18,4)25(21)28(37)24(20)16(33)2/h5,15,17,19-23,25-27,29-31,34-36,38-39H,6-14H2,1-4H3/t15?,17-,19?,20+,21?,22-,23-,25-,26+,27-,29+,30-,31-,32?,33+/m1/s1. The van der Waals surface area contributed by atoms with Crippen molar-refractivity contribution in [2.24, 2.45) is 35.0 Å². The molecule has 0 radical (unpaired) electrons. The maximum Gasteiger partial charge on any atom is 0.186 e. The second kappa shape index (κ2) is 10.4. The van der Waals surface area contributed by atoms with E-state index in [1.807, 2.05) is 0 Å². The Morgan fingerprint density at radius 1 is 1.12 bits per heavy atom. The molecular weight excluding hydrogens is 538 g/mol. The fourth-order valence-corrected chi connectivity index (χ4v) is 10.4. The molecule has 5 fully saturated rings. The highest BCUT2D eigenvalue weighted by Crippen LogP contribution is 2.64. The van der Waals surface area contributed by atoms with Crippen LogP contribution in [-0.4, -0.2) is 93.9 Å². The van der Waals surface area contributed by atoms with E-state index in [0.717, 1.165) is 44.2 Å². The van der Waals surface area contributed by atoms with E-state index in [-0.39, 0.29) is 35.1 Å². The van der Waals surface area contributed by atoms with Gasteiger partial charge in [-0.25, -0.2) is 0 Å². The molecule has 42 heavy (non-hydrogen) atoms. The molecule has 9 heteroatoms. The van der Waals surface area contributed by atoms with Crippen molar-refractivity contribution < 1.29 is 39.4 Å². The van der Waals surface area contributed by atoms with Crippen molar-refractivity contribution in [1.29, 1.82) is 0 Å². The van der Waals surface area contributed by atoms with Gasteiger partial charge in [-0.05, 0) is 87.2 Å². The Morgan fingerprint density at radius 2 is 1.90 bits per heavy atom. The highest BCUT2D eigenvalue weighted by atomic mass is 16.7. The second-order valence-corrected chi connectivity index (χ2v) is 14.9. The molecule has 3 heterocycles. The maximum atomic E-state index is 14.5. The molecule has 4 aliphatic carbocycles. The third-order valence-corrected chi connectivity index (χ3v) is 12.8. The number of piperidine rings is 1. The van der Waals surface area contributed by atoms with Gasteiger partial charge in [0.1, 0.15) is 24.4 Å². The lowest BCUT2D eigenvalue weighted by molar-refractivity contribution is -0.312. The number of rotatable bonds is 3. The topological polar surface area (TPSA) is 138 Å². The molecule has 1 spiro atoms. The summed E-state index contributed by atoms with van der Waals surface area (Å²) in [5, 5.41) is 44.2. The monoisotopic (exact) mass is 587 g/mol. The molecule has 0 amide bonds. The van der Waals surface area contributed by atoms with Crippen LogP contribution in [0.2, 0.25) is 0 Å². The van der Waals surface area contributed by atoms with Gasteiger partial charge in [-0.3, -0.25) is 4.79 Å². The fourth-order valence-electron chi connectivity index (χ4n) is 10.4. The van der Waals surface area contributed by atoms with Gasteiger partial charge in [0.25, 0.3) is 0 Å². The molecule has 0 aromatic heterocycles. The number of aliphatic hydroxyl groups is 4. The first-order chi connectivity index (χ1) is 20.0. The summed E-state index contributed by atoms with van der Waals surface area (Å²) in [6, 6.07) is 0.344. The Morgan fingerprint density at radius 3 is 2.67 bits per heavy atom. The highest BCUT2D eigenvalue weighted by molar-refractivity contribution is 6.02. The lowest BCUT2D eigenvalue weighted by Crippen LogP contribution is -2.60. The summed E-state index contributed by atoms with van der Waals surface area (Å²) in [7, 11) is 0. The molecule has 4 unspecified atom stereocenters. The van der Waals surface area contributed by atoms with Crippen LogP contribution in [0.5, 0.6) is 0 Å². The molecule has 7 aliphatic rings. The van der Waals surface area contributed by atoms with Gasteiger partial charge in [-0.15, -0.1) is 0 Å². The van der Waals surface area contributed by atoms with Crippen molar-refractivity contribution in [3.05, 3.63) is 22.8 Å². The van der Waals surface area contributed by atoms with Crippen LogP contribution in [0.3, 0.4) is 0 Å². The lowest BCUT2D eigenvalue weighted by Gasteiger charge is -2.49. The van der Waals surface area contributed by atoms with E-state index in [2.05, 4.69) is 39.1 Å². The molecule has 3 saturated heterocycles. The zero-order valence-electron chi connectivity index (χ0n) is 25.4. The minimum Gasteiger partial charge on any atom is -0.394 e. The summed E-state index contributed by atoms with van der Waals surface area (Å²) < 4.78 is 18.8. The van der Waals surface area contributed by atoms with Crippen LogP contribution >= 0.6 is 0 Å². The van der Waals surface area contributed by atoms with Crippen LogP contribution < -0.4 is 5.32 Å². The van der Waals surface area contributed by atoms with Crippen LogP contribution in [0.15, 0.2) is 22.8 Å². The van der Waals surface area contributed by atoms with Crippen molar-refractivity contribution in [2.45, 2.75) is 127 Å². The van der Waals surface area contributed by atoms with Gasteiger partial charge in [-0.1, -0.05) is 32.4 Å². The number of fused-ring (bicyclic) bond motifs is 6. The SMILES string of the molecule is CC1=C2C(=O)[C@H]3C(CC=C4CC(O[C@@H]5O[C@H](CO)[C@@H](O)[C@H](O)[C@H]5O)CCC43C)[C@@H]2CC[C@]12O[C@@H]1CC(C)CN[C@H]1[C@H]2C. The molecule has 2 saturated carbocycles. The largest absolute Gasteiger partial charge is 0.394 e. The van der Waals surface area contributed by atoms with Gasteiger partial charge >= 0.3 is 0 Å². The molecule has 7 rings (SSSR count). The third kappa shape index (κ3) is 4.14. The van der Waals surface area contributed by atoms with Crippen LogP contribution in [-0.2, 0) is 19.0 Å². The van der Waals surface area contributed by atoms with E-state index in [4.69, 9.17) is 14.2 Å². The maximum absolute atomic E-state index is 14.5. The van der Waals surface area contributed by atoms with E-state index in [9.17, 15) is 25.2 Å². The molecule has 0 aromatic rings. The molecule has 15 atom stereocenters. The predicted molar refractivity (Wildman–Crippen MR) is 153 cm³/mol. The van der Waals surface area contributed by atoms with Crippen molar-refractivity contribution in [3.8, 4) is 0 Å². The first-order valence-electron chi connectivity index (χ1n) is 16.3. The van der Waals surface area contributed by atoms with Gasteiger partial charge in [0.2, 0.25) is 0 Å². The Kier molecular flexibility index (Phi) is 7.34. The summed E-state index contributed by atoms with van der Waals surface area (Å²) in [6.45, 7) is 9.60. The Labute approximate surface area is 248 Å². The van der Waals surface area contributed by atoms with Gasteiger partial charge in [0.05, 0.1) is 24.4 Å². The van der Waals surface area contributed by atoms with Crippen molar-refractivity contribution in [1.82, 2.24) is 5.32 Å². The van der Waals surface area contributed by atoms with E-state index >= 15 is 0 Å². The van der Waals surface area contributed by atoms with Gasteiger partial charge in [-0.2, -0.15) is 0 Å². The number of aliphatic hydroxyl groups excluding tert-OH is 4. The highest BCUT2D eigenvalue weighted by Gasteiger charge is 2.63. The number of hydrogen-bond donors (Lipinski definition) is 5. The molecule has 5 N–H and O–H groups in total. The van der Waals surface area contributed by atoms with Crippen LogP contribution in [0, 0.1) is 35.0 Å². The zero-order chi connectivity index (χ0) is 29.7. The average Bonchev–Trinajstić information content (AvgIpc) is 3.42. The Balaban J connectivity index is 1.11. The Bertz CT molecular complexity index is 1170. The second-order valence-electron chi connectivity index (χ2n) is 14.9. The molecule has 234 valence electrons. The predicted octanol–water partition coefficient (Wildman–Crippen LogP) is 2.01. The number of ketones is 1. The first kappa shape index (κ1) is 29.5. The van der Waals surface area contributed by atoms with Gasteiger partial charge in [0.15, 0.2) is 12.1 Å². The number of hydrogen-bond acceptors (Lipinski definition) is 9. The lowest BCUT2D eigenvalue weighted by atomic mass is 9.56. The summed E-state index contributed by atoms with van der Waals surface area (Å²) in [5.74, 6) is 1.81. The number of carbonyl (C=O) groups is 1. The smallest absolute Gasteiger partial charge is 0.186 e. The van der Waals surface area contributed by atoms with E-state index in [1.165, 1.54) is 11.1 Å². The quantitative estimate of drug-likeness (QED) is 0.314. The summed E-state index contributed by atoms with van der Waals surface area (Å²) in [6.07, 6.45) is 1.93. The third-order valence-electron chi connectivity index (χ3n) is 12.8. The van der Waals surface area contributed by atoms with Crippen molar-refractivity contribution >= 4 is 5.78 Å². The number of ether oxygens (including phenoxy) is 3. The van der Waals surface area contributed by atoms with Gasteiger partial charge in [0, 0.05) is 23.5 Å². The van der Waals surface area contributed by atoms with Crippen LogP contribution in [0.25, 0.3) is 0 Å². The number of allylic oxidation sites excluding steroid dienone is 2. The number of carbonyl (C=O) groups excluding carboxylic acids is 1. The average molecular weight is 588 g/mol.